The Hall–Kier alpha value is -1.06. The molecule has 0 radical (unpaired) electrons. The number of anilines is 1. The van der Waals surface area contributed by atoms with Gasteiger partial charge in [0.1, 0.15) is 0 Å². The summed E-state index contributed by atoms with van der Waals surface area (Å²) in [6.07, 6.45) is 1.05. The van der Waals surface area contributed by atoms with Gasteiger partial charge in [-0.25, -0.2) is 0 Å². The Balaban J connectivity index is 2.69. The van der Waals surface area contributed by atoms with Crippen LogP contribution in [0.3, 0.4) is 0 Å². The molecule has 0 bridgehead atoms. The van der Waals surface area contributed by atoms with Crippen LogP contribution in [0, 0.1) is 6.92 Å². The van der Waals surface area contributed by atoms with Crippen LogP contribution in [0.25, 0.3) is 0 Å². The van der Waals surface area contributed by atoms with Crippen LogP contribution in [0.4, 0.5) is 5.69 Å². The molecule has 0 fully saturated rings. The maximum absolute atomic E-state index is 5.66. The summed E-state index contributed by atoms with van der Waals surface area (Å²) in [4.78, 5) is 4.94. The highest BCUT2D eigenvalue weighted by molar-refractivity contribution is 5.52. The molecule has 3 nitrogen and oxygen atoms in total. The van der Waals surface area contributed by atoms with Crippen molar-refractivity contribution in [2.24, 2.45) is 5.73 Å². The van der Waals surface area contributed by atoms with E-state index in [9.17, 15) is 0 Å². The highest BCUT2D eigenvalue weighted by atomic mass is 15.2. The largest absolute Gasteiger partial charge is 0.370 e. The van der Waals surface area contributed by atoms with Crippen molar-refractivity contribution >= 4 is 5.69 Å². The van der Waals surface area contributed by atoms with E-state index in [-0.39, 0.29) is 0 Å². The zero-order valence-corrected chi connectivity index (χ0v) is 12.7. The van der Waals surface area contributed by atoms with E-state index >= 15 is 0 Å². The molecule has 0 aliphatic rings. The number of para-hydroxylation sites is 1. The van der Waals surface area contributed by atoms with Crippen LogP contribution in [0.2, 0.25) is 0 Å². The molecule has 0 saturated carbocycles. The molecule has 0 aliphatic carbocycles. The lowest BCUT2D eigenvalue weighted by molar-refractivity contribution is 0.309. The number of benzene rings is 1. The lowest BCUT2D eigenvalue weighted by Gasteiger charge is -2.29. The van der Waals surface area contributed by atoms with Gasteiger partial charge in [-0.05, 0) is 44.6 Å². The quantitative estimate of drug-likeness (QED) is 0.743. The van der Waals surface area contributed by atoms with Crippen molar-refractivity contribution in [1.82, 2.24) is 4.90 Å². The predicted molar refractivity (Wildman–Crippen MR) is 84.9 cm³/mol. The van der Waals surface area contributed by atoms with Crippen molar-refractivity contribution in [3.8, 4) is 0 Å². The van der Waals surface area contributed by atoms with Crippen LogP contribution < -0.4 is 10.6 Å². The second-order valence-electron chi connectivity index (χ2n) is 4.94. The molecular weight excluding hydrogens is 234 g/mol. The van der Waals surface area contributed by atoms with Crippen LogP contribution in [-0.2, 0) is 0 Å². The first-order valence-corrected chi connectivity index (χ1v) is 7.45. The Morgan fingerprint density at radius 1 is 1.00 bits per heavy atom. The third-order valence-electron chi connectivity index (χ3n) is 3.67. The van der Waals surface area contributed by atoms with Crippen LogP contribution in [-0.4, -0.2) is 44.2 Å². The third kappa shape index (κ3) is 5.21. The fraction of sp³-hybridized carbons (Fsp3) is 0.625. The van der Waals surface area contributed by atoms with Crippen LogP contribution >= 0.6 is 0 Å². The Bertz CT molecular complexity index is 348. The average molecular weight is 263 g/mol. The van der Waals surface area contributed by atoms with E-state index in [1.807, 2.05) is 0 Å². The van der Waals surface area contributed by atoms with Gasteiger partial charge in [0.05, 0.1) is 0 Å². The second-order valence-corrected chi connectivity index (χ2v) is 4.94. The maximum Gasteiger partial charge on any atom is 0.0396 e. The molecule has 0 aliphatic heterocycles. The highest BCUT2D eigenvalue weighted by Gasteiger charge is 2.09. The summed E-state index contributed by atoms with van der Waals surface area (Å²) in [5.74, 6) is 0. The topological polar surface area (TPSA) is 32.5 Å². The Labute approximate surface area is 118 Å². The zero-order valence-electron chi connectivity index (χ0n) is 12.7. The third-order valence-corrected chi connectivity index (χ3v) is 3.67. The monoisotopic (exact) mass is 263 g/mol. The van der Waals surface area contributed by atoms with Crippen molar-refractivity contribution in [2.75, 3.05) is 44.2 Å². The van der Waals surface area contributed by atoms with Gasteiger partial charge in [-0.3, -0.25) is 0 Å². The fourth-order valence-electron chi connectivity index (χ4n) is 2.36. The molecule has 1 rings (SSSR count). The van der Waals surface area contributed by atoms with Gasteiger partial charge in [-0.1, -0.05) is 32.0 Å². The Morgan fingerprint density at radius 3 is 2.26 bits per heavy atom. The predicted octanol–water partition coefficient (Wildman–Crippen LogP) is 2.49. The molecule has 0 aromatic heterocycles. The summed E-state index contributed by atoms with van der Waals surface area (Å²) >= 11 is 0. The first-order chi connectivity index (χ1) is 9.22. The number of rotatable bonds is 9. The minimum Gasteiger partial charge on any atom is -0.370 e. The molecule has 0 spiro atoms. The highest BCUT2D eigenvalue weighted by Crippen LogP contribution is 2.19. The van der Waals surface area contributed by atoms with Crippen LogP contribution in [0.15, 0.2) is 24.3 Å². The maximum atomic E-state index is 5.66. The minimum atomic E-state index is 0.758. The lowest BCUT2D eigenvalue weighted by atomic mass is 10.1. The molecular formula is C16H29N3. The van der Waals surface area contributed by atoms with Crippen LogP contribution in [0.1, 0.15) is 25.8 Å². The van der Waals surface area contributed by atoms with Gasteiger partial charge in [0, 0.05) is 25.3 Å². The number of aryl methyl sites for hydroxylation is 1. The zero-order chi connectivity index (χ0) is 14.1. The summed E-state index contributed by atoms with van der Waals surface area (Å²) in [6.45, 7) is 12.9. The van der Waals surface area contributed by atoms with Crippen molar-refractivity contribution in [3.63, 3.8) is 0 Å². The molecule has 0 atom stereocenters. The molecule has 2 N–H and O–H groups in total. The smallest absolute Gasteiger partial charge is 0.0396 e. The van der Waals surface area contributed by atoms with E-state index in [4.69, 9.17) is 5.73 Å². The SMILES string of the molecule is CCN(CC)CCN(CCCN)c1ccccc1C. The van der Waals surface area contributed by atoms with Gasteiger partial charge in [0.2, 0.25) is 0 Å². The summed E-state index contributed by atoms with van der Waals surface area (Å²) in [7, 11) is 0. The molecule has 0 unspecified atom stereocenters. The fourth-order valence-corrected chi connectivity index (χ4v) is 2.36. The van der Waals surface area contributed by atoms with Crippen molar-refractivity contribution < 1.29 is 0 Å². The number of nitrogens with two attached hydrogens (primary N) is 1. The lowest BCUT2D eigenvalue weighted by Crippen LogP contribution is -2.36. The molecule has 0 amide bonds. The van der Waals surface area contributed by atoms with Gasteiger partial charge in [-0.15, -0.1) is 0 Å². The van der Waals surface area contributed by atoms with Gasteiger partial charge < -0.3 is 15.5 Å². The van der Waals surface area contributed by atoms with E-state index < -0.39 is 0 Å². The normalized spacial score (nSPS) is 11.0. The summed E-state index contributed by atoms with van der Waals surface area (Å²) in [5, 5.41) is 0. The molecule has 1 aromatic carbocycles. The Kier molecular flexibility index (Phi) is 7.53. The molecule has 108 valence electrons. The summed E-state index contributed by atoms with van der Waals surface area (Å²) in [5.41, 5.74) is 8.36. The van der Waals surface area contributed by atoms with Gasteiger partial charge >= 0.3 is 0 Å². The molecule has 0 heterocycles. The molecule has 3 heteroatoms. The minimum absolute atomic E-state index is 0.758. The first-order valence-electron chi connectivity index (χ1n) is 7.45. The van der Waals surface area contributed by atoms with E-state index in [0.717, 1.165) is 45.7 Å². The van der Waals surface area contributed by atoms with E-state index in [0.29, 0.717) is 0 Å². The van der Waals surface area contributed by atoms with Crippen LogP contribution in [0.5, 0.6) is 0 Å². The number of nitrogens with zero attached hydrogens (tertiary/aromatic N) is 2. The van der Waals surface area contributed by atoms with E-state index in [1.165, 1.54) is 11.3 Å². The first kappa shape index (κ1) is 16.0. The Morgan fingerprint density at radius 2 is 1.68 bits per heavy atom. The molecule has 1 aromatic rings. The summed E-state index contributed by atoms with van der Waals surface area (Å²) < 4.78 is 0. The number of likely N-dealkylation sites (N-methyl/N-ethyl adjacent to an activating group) is 1. The van der Waals surface area contributed by atoms with Gasteiger partial charge in [0.25, 0.3) is 0 Å². The van der Waals surface area contributed by atoms with E-state index in [2.05, 4.69) is 54.8 Å². The number of hydrogen-bond donors (Lipinski definition) is 1. The molecule has 19 heavy (non-hydrogen) atoms. The average Bonchev–Trinajstić information content (AvgIpc) is 2.44. The number of hydrogen-bond acceptors (Lipinski definition) is 3. The van der Waals surface area contributed by atoms with Gasteiger partial charge in [-0.2, -0.15) is 0 Å². The van der Waals surface area contributed by atoms with Crippen molar-refractivity contribution in [1.29, 1.82) is 0 Å². The van der Waals surface area contributed by atoms with E-state index in [1.54, 1.807) is 0 Å². The molecule has 0 saturated heterocycles. The summed E-state index contributed by atoms with van der Waals surface area (Å²) in [6, 6.07) is 8.62. The van der Waals surface area contributed by atoms with Crippen molar-refractivity contribution in [3.05, 3.63) is 29.8 Å². The van der Waals surface area contributed by atoms with Crippen molar-refractivity contribution in [2.45, 2.75) is 27.2 Å². The van der Waals surface area contributed by atoms with Gasteiger partial charge in [0.15, 0.2) is 0 Å². The standard InChI is InChI=1S/C16H29N3/c1-4-18(5-2)13-14-19(12-8-11-17)16-10-7-6-9-15(16)3/h6-7,9-10H,4-5,8,11-14,17H2,1-3H3. The second kappa shape index (κ2) is 8.94.